The van der Waals surface area contributed by atoms with Gasteiger partial charge in [0.15, 0.2) is 5.82 Å². The molecule has 0 radical (unpaired) electrons. The molecule has 3 aromatic rings. The van der Waals surface area contributed by atoms with Crippen molar-refractivity contribution in [2.75, 3.05) is 10.6 Å². The van der Waals surface area contributed by atoms with Gasteiger partial charge < -0.3 is 10.6 Å². The molecule has 0 unspecified atom stereocenters. The zero-order valence-corrected chi connectivity index (χ0v) is 14.2. The maximum atomic E-state index is 4.42. The van der Waals surface area contributed by atoms with Crippen LogP contribution in [0.15, 0.2) is 59.2 Å². The SMILES string of the molecule is Cc1ccc(CNc2cnnc(Nc3cccc(Br)c3)n2)cc1. The number of benzene rings is 2. The van der Waals surface area contributed by atoms with Crippen LogP contribution < -0.4 is 10.6 Å². The fourth-order valence-electron chi connectivity index (χ4n) is 2.04. The molecule has 3 rings (SSSR count). The number of aryl methyl sites for hydroxylation is 1. The molecule has 23 heavy (non-hydrogen) atoms. The van der Waals surface area contributed by atoms with Crippen molar-refractivity contribution in [2.45, 2.75) is 13.5 Å². The van der Waals surface area contributed by atoms with Crippen molar-refractivity contribution in [3.63, 3.8) is 0 Å². The van der Waals surface area contributed by atoms with Crippen molar-refractivity contribution in [2.24, 2.45) is 0 Å². The predicted octanol–water partition coefficient (Wildman–Crippen LogP) is 4.30. The Morgan fingerprint density at radius 1 is 1.09 bits per heavy atom. The number of hydrogen-bond acceptors (Lipinski definition) is 5. The lowest BCUT2D eigenvalue weighted by Gasteiger charge is -2.08. The van der Waals surface area contributed by atoms with E-state index in [-0.39, 0.29) is 0 Å². The average molecular weight is 370 g/mol. The van der Waals surface area contributed by atoms with Crippen molar-refractivity contribution in [3.8, 4) is 0 Å². The lowest BCUT2D eigenvalue weighted by Crippen LogP contribution is -2.05. The molecule has 0 aliphatic carbocycles. The van der Waals surface area contributed by atoms with E-state index < -0.39 is 0 Å². The highest BCUT2D eigenvalue weighted by atomic mass is 79.9. The molecular formula is C17H16BrN5. The third-order valence-electron chi connectivity index (χ3n) is 3.23. The predicted molar refractivity (Wildman–Crippen MR) is 95.8 cm³/mol. The van der Waals surface area contributed by atoms with Gasteiger partial charge in [0, 0.05) is 16.7 Å². The Balaban J connectivity index is 1.66. The lowest BCUT2D eigenvalue weighted by atomic mass is 10.1. The number of hydrogen-bond donors (Lipinski definition) is 2. The normalized spacial score (nSPS) is 10.3. The van der Waals surface area contributed by atoms with E-state index in [2.05, 4.69) is 72.9 Å². The van der Waals surface area contributed by atoms with Crippen LogP contribution in [-0.2, 0) is 6.54 Å². The maximum absolute atomic E-state index is 4.42. The standard InChI is InChI=1S/C17H16BrN5/c1-12-5-7-13(8-6-12)10-19-16-11-20-23-17(22-16)21-15-4-2-3-14(18)9-15/h2-9,11H,10H2,1H3,(H2,19,21,22,23). The molecule has 0 aliphatic rings. The van der Waals surface area contributed by atoms with Crippen molar-refractivity contribution >= 4 is 33.4 Å². The molecule has 0 saturated carbocycles. The van der Waals surface area contributed by atoms with Crippen molar-refractivity contribution in [1.82, 2.24) is 15.2 Å². The summed E-state index contributed by atoms with van der Waals surface area (Å²) in [6.07, 6.45) is 1.61. The summed E-state index contributed by atoms with van der Waals surface area (Å²) >= 11 is 3.44. The van der Waals surface area contributed by atoms with Gasteiger partial charge in [-0.1, -0.05) is 51.8 Å². The average Bonchev–Trinajstić information content (AvgIpc) is 2.55. The van der Waals surface area contributed by atoms with Gasteiger partial charge in [0.25, 0.3) is 0 Å². The maximum Gasteiger partial charge on any atom is 0.249 e. The van der Waals surface area contributed by atoms with Gasteiger partial charge in [0.2, 0.25) is 5.95 Å². The molecule has 0 saturated heterocycles. The summed E-state index contributed by atoms with van der Waals surface area (Å²) in [4.78, 5) is 4.42. The summed E-state index contributed by atoms with van der Waals surface area (Å²) in [5, 5.41) is 14.4. The van der Waals surface area contributed by atoms with E-state index in [9.17, 15) is 0 Å². The zero-order valence-electron chi connectivity index (χ0n) is 12.6. The van der Waals surface area contributed by atoms with E-state index in [1.54, 1.807) is 6.20 Å². The summed E-state index contributed by atoms with van der Waals surface area (Å²) in [5.41, 5.74) is 3.34. The Labute approximate surface area is 143 Å². The van der Waals surface area contributed by atoms with Crippen molar-refractivity contribution < 1.29 is 0 Å². The second kappa shape index (κ2) is 7.19. The zero-order chi connectivity index (χ0) is 16.1. The largest absolute Gasteiger partial charge is 0.365 e. The molecular weight excluding hydrogens is 354 g/mol. The fourth-order valence-corrected chi connectivity index (χ4v) is 2.43. The number of aromatic nitrogens is 3. The molecule has 116 valence electrons. The van der Waals surface area contributed by atoms with E-state index in [0.29, 0.717) is 18.3 Å². The monoisotopic (exact) mass is 369 g/mol. The Kier molecular flexibility index (Phi) is 4.83. The van der Waals surface area contributed by atoms with Crippen LogP contribution in [0.3, 0.4) is 0 Å². The van der Waals surface area contributed by atoms with E-state index >= 15 is 0 Å². The second-order valence-corrected chi connectivity index (χ2v) is 6.06. The topological polar surface area (TPSA) is 62.7 Å². The van der Waals surface area contributed by atoms with E-state index in [0.717, 1.165) is 10.2 Å². The number of halogens is 1. The summed E-state index contributed by atoms with van der Waals surface area (Å²) < 4.78 is 0.990. The minimum atomic E-state index is 0.456. The molecule has 2 N–H and O–H groups in total. The molecule has 0 spiro atoms. The number of nitrogens with one attached hydrogen (secondary N) is 2. The van der Waals surface area contributed by atoms with Gasteiger partial charge in [-0.15, -0.1) is 5.10 Å². The van der Waals surface area contributed by atoms with Crippen LogP contribution >= 0.6 is 15.9 Å². The second-order valence-electron chi connectivity index (χ2n) is 5.14. The van der Waals surface area contributed by atoms with Crippen LogP contribution in [0.5, 0.6) is 0 Å². The van der Waals surface area contributed by atoms with Crippen LogP contribution in [0, 0.1) is 6.92 Å². The fraction of sp³-hybridized carbons (Fsp3) is 0.118. The molecule has 0 fully saturated rings. The highest BCUT2D eigenvalue weighted by Crippen LogP contribution is 2.18. The lowest BCUT2D eigenvalue weighted by molar-refractivity contribution is 0.965. The van der Waals surface area contributed by atoms with Crippen LogP contribution in [-0.4, -0.2) is 15.2 Å². The van der Waals surface area contributed by atoms with E-state index in [1.807, 2.05) is 24.3 Å². The van der Waals surface area contributed by atoms with Gasteiger partial charge in [0.05, 0.1) is 6.20 Å². The quantitative estimate of drug-likeness (QED) is 0.701. The molecule has 1 heterocycles. The molecule has 2 aromatic carbocycles. The minimum absolute atomic E-state index is 0.456. The van der Waals surface area contributed by atoms with Gasteiger partial charge in [-0.3, -0.25) is 0 Å². The molecule has 5 nitrogen and oxygen atoms in total. The van der Waals surface area contributed by atoms with Crippen LogP contribution in [0.1, 0.15) is 11.1 Å². The van der Waals surface area contributed by atoms with Crippen LogP contribution in [0.4, 0.5) is 17.5 Å². The first-order valence-electron chi connectivity index (χ1n) is 7.21. The van der Waals surface area contributed by atoms with Gasteiger partial charge in [-0.2, -0.15) is 10.1 Å². The minimum Gasteiger partial charge on any atom is -0.365 e. The first kappa shape index (κ1) is 15.4. The molecule has 0 bridgehead atoms. The summed E-state index contributed by atoms with van der Waals surface area (Å²) in [7, 11) is 0. The van der Waals surface area contributed by atoms with Gasteiger partial charge >= 0.3 is 0 Å². The van der Waals surface area contributed by atoms with E-state index in [4.69, 9.17) is 0 Å². The van der Waals surface area contributed by atoms with Gasteiger partial charge in [-0.05, 0) is 30.7 Å². The molecule has 6 heteroatoms. The Morgan fingerprint density at radius 3 is 2.70 bits per heavy atom. The first-order chi connectivity index (χ1) is 11.2. The highest BCUT2D eigenvalue weighted by molar-refractivity contribution is 9.10. The first-order valence-corrected chi connectivity index (χ1v) is 8.00. The number of nitrogens with zero attached hydrogens (tertiary/aromatic N) is 3. The molecule has 1 aromatic heterocycles. The number of anilines is 3. The Morgan fingerprint density at radius 2 is 1.91 bits per heavy atom. The smallest absolute Gasteiger partial charge is 0.249 e. The summed E-state index contributed by atoms with van der Waals surface area (Å²) in [6, 6.07) is 16.2. The van der Waals surface area contributed by atoms with Crippen LogP contribution in [0.2, 0.25) is 0 Å². The van der Waals surface area contributed by atoms with Crippen molar-refractivity contribution in [3.05, 3.63) is 70.3 Å². The van der Waals surface area contributed by atoms with Crippen molar-refractivity contribution in [1.29, 1.82) is 0 Å². The summed E-state index contributed by atoms with van der Waals surface area (Å²) in [5.74, 6) is 1.13. The van der Waals surface area contributed by atoms with Gasteiger partial charge in [0.1, 0.15) is 0 Å². The molecule has 0 aliphatic heterocycles. The third-order valence-corrected chi connectivity index (χ3v) is 3.73. The van der Waals surface area contributed by atoms with Crippen LogP contribution in [0.25, 0.3) is 0 Å². The Bertz CT molecular complexity index is 789. The molecule has 0 atom stereocenters. The number of rotatable bonds is 5. The Hall–Kier alpha value is -2.47. The molecule has 0 amide bonds. The third kappa shape index (κ3) is 4.50. The highest BCUT2D eigenvalue weighted by Gasteiger charge is 2.02. The van der Waals surface area contributed by atoms with E-state index in [1.165, 1.54) is 11.1 Å². The summed E-state index contributed by atoms with van der Waals surface area (Å²) in [6.45, 7) is 2.76. The van der Waals surface area contributed by atoms with Gasteiger partial charge in [-0.25, -0.2) is 0 Å².